The third-order valence-electron chi connectivity index (χ3n) is 6.63. The van der Waals surface area contributed by atoms with Crippen LogP contribution in [0, 0.1) is 5.92 Å². The number of amides is 1. The Morgan fingerprint density at radius 2 is 1.56 bits per heavy atom. The van der Waals surface area contributed by atoms with Gasteiger partial charge in [0.25, 0.3) is 6.01 Å². The maximum atomic E-state index is 13.1. The van der Waals surface area contributed by atoms with Crippen molar-refractivity contribution in [3.05, 3.63) is 54.1 Å². The van der Waals surface area contributed by atoms with E-state index >= 15 is 0 Å². The van der Waals surface area contributed by atoms with E-state index in [1.807, 2.05) is 53.4 Å². The van der Waals surface area contributed by atoms with Crippen LogP contribution in [0.25, 0.3) is 11.1 Å². The van der Waals surface area contributed by atoms with E-state index in [-0.39, 0.29) is 17.6 Å². The first-order valence-corrected chi connectivity index (χ1v) is 11.3. The molecule has 0 saturated carbocycles. The van der Waals surface area contributed by atoms with Crippen LogP contribution in [0.3, 0.4) is 0 Å². The van der Waals surface area contributed by atoms with Crippen molar-refractivity contribution < 1.29 is 14.0 Å². The van der Waals surface area contributed by atoms with Crippen LogP contribution in [-0.4, -0.2) is 60.8 Å². The van der Waals surface area contributed by atoms with Gasteiger partial charge in [0.05, 0.1) is 0 Å². The topological polar surface area (TPSA) is 69.9 Å². The van der Waals surface area contributed by atoms with Crippen molar-refractivity contribution in [2.45, 2.75) is 19.8 Å². The summed E-state index contributed by atoms with van der Waals surface area (Å²) in [5.41, 5.74) is 3.50. The highest BCUT2D eigenvalue weighted by molar-refractivity contribution is 5.94. The molecule has 0 atom stereocenters. The molecule has 5 rings (SSSR count). The van der Waals surface area contributed by atoms with Crippen LogP contribution in [-0.2, 0) is 4.79 Å². The summed E-state index contributed by atoms with van der Waals surface area (Å²) >= 11 is 0. The summed E-state index contributed by atoms with van der Waals surface area (Å²) in [7, 11) is 0. The van der Waals surface area contributed by atoms with Gasteiger partial charge in [-0.25, -0.2) is 0 Å². The average molecular weight is 433 g/mol. The second-order valence-electron chi connectivity index (χ2n) is 8.64. The molecule has 2 aliphatic rings. The minimum Gasteiger partial charge on any atom is -0.423 e. The van der Waals surface area contributed by atoms with Gasteiger partial charge in [0.2, 0.25) is 5.91 Å². The minimum atomic E-state index is 0.0667. The fourth-order valence-corrected chi connectivity index (χ4v) is 4.66. The Kier molecular flexibility index (Phi) is 5.55. The van der Waals surface area contributed by atoms with Crippen LogP contribution in [0.1, 0.15) is 30.1 Å². The second-order valence-corrected chi connectivity index (χ2v) is 8.64. The van der Waals surface area contributed by atoms with Crippen LogP contribution in [0.5, 0.6) is 0 Å². The number of aromatic nitrogens is 1. The lowest BCUT2D eigenvalue weighted by Gasteiger charge is -2.39. The summed E-state index contributed by atoms with van der Waals surface area (Å²) in [4.78, 5) is 35.6. The molecule has 3 aromatic rings. The largest absolute Gasteiger partial charge is 0.423 e. The molecule has 166 valence electrons. The smallest absolute Gasteiger partial charge is 0.298 e. The number of piperazine rings is 1. The van der Waals surface area contributed by atoms with E-state index in [1.165, 1.54) is 0 Å². The average Bonchev–Trinajstić information content (AvgIpc) is 3.28. The van der Waals surface area contributed by atoms with E-state index < -0.39 is 0 Å². The Morgan fingerprint density at radius 1 is 0.875 bits per heavy atom. The predicted octanol–water partition coefficient (Wildman–Crippen LogP) is 3.60. The van der Waals surface area contributed by atoms with Crippen LogP contribution in [0.15, 0.2) is 52.9 Å². The number of oxazole rings is 1. The lowest BCUT2D eigenvalue weighted by atomic mass is 9.95. The third kappa shape index (κ3) is 4.07. The van der Waals surface area contributed by atoms with E-state index in [4.69, 9.17) is 4.42 Å². The van der Waals surface area contributed by atoms with Gasteiger partial charge in [0.15, 0.2) is 11.4 Å². The molecule has 7 heteroatoms. The summed E-state index contributed by atoms with van der Waals surface area (Å²) in [6.07, 6.45) is 1.65. The number of carbonyl (C=O) groups is 2. The zero-order valence-electron chi connectivity index (χ0n) is 18.4. The molecule has 2 aliphatic heterocycles. The van der Waals surface area contributed by atoms with Gasteiger partial charge in [-0.05, 0) is 56.2 Å². The highest BCUT2D eigenvalue weighted by atomic mass is 16.4. The standard InChI is InChI=1S/C25H28N4O3/c1-18(30)19-6-8-21(9-7-19)27-14-16-28(17-15-27)24(31)20-10-12-29(13-11-20)25-26-22-4-2-3-5-23(22)32-25/h2-9,20H,10-17H2,1H3. The zero-order valence-corrected chi connectivity index (χ0v) is 18.4. The van der Waals surface area contributed by atoms with Crippen LogP contribution < -0.4 is 9.80 Å². The summed E-state index contributed by atoms with van der Waals surface area (Å²) in [6.45, 7) is 6.24. The van der Waals surface area contributed by atoms with Gasteiger partial charge < -0.3 is 19.1 Å². The van der Waals surface area contributed by atoms with Crippen molar-refractivity contribution in [1.82, 2.24) is 9.88 Å². The SMILES string of the molecule is CC(=O)c1ccc(N2CCN(C(=O)C3CCN(c4nc5ccccc5o4)CC3)CC2)cc1. The van der Waals surface area contributed by atoms with Gasteiger partial charge >= 0.3 is 0 Å². The molecule has 2 aromatic carbocycles. The highest BCUT2D eigenvalue weighted by Gasteiger charge is 2.31. The summed E-state index contributed by atoms with van der Waals surface area (Å²) in [5.74, 6) is 0.417. The first-order chi connectivity index (χ1) is 15.6. The molecular weight excluding hydrogens is 404 g/mol. The number of anilines is 2. The van der Waals surface area contributed by atoms with Gasteiger partial charge in [0.1, 0.15) is 5.52 Å². The van der Waals surface area contributed by atoms with Crippen LogP contribution >= 0.6 is 0 Å². The van der Waals surface area contributed by atoms with Crippen molar-refractivity contribution in [1.29, 1.82) is 0 Å². The number of hydrogen-bond donors (Lipinski definition) is 0. The minimum absolute atomic E-state index is 0.0667. The molecule has 1 amide bonds. The third-order valence-corrected chi connectivity index (χ3v) is 6.63. The molecular formula is C25H28N4O3. The van der Waals surface area contributed by atoms with Gasteiger partial charge in [-0.15, -0.1) is 0 Å². The number of carbonyl (C=O) groups excluding carboxylic acids is 2. The fraction of sp³-hybridized carbons (Fsp3) is 0.400. The van der Waals surface area contributed by atoms with Gasteiger partial charge in [-0.3, -0.25) is 9.59 Å². The zero-order chi connectivity index (χ0) is 22.1. The van der Waals surface area contributed by atoms with Gasteiger partial charge in [0, 0.05) is 56.4 Å². The number of hydrogen-bond acceptors (Lipinski definition) is 6. The van der Waals surface area contributed by atoms with Crippen molar-refractivity contribution in [2.24, 2.45) is 5.92 Å². The first kappa shape index (κ1) is 20.5. The summed E-state index contributed by atoms with van der Waals surface area (Å²) < 4.78 is 5.89. The normalized spacial score (nSPS) is 17.7. The molecule has 0 aliphatic carbocycles. The maximum absolute atomic E-state index is 13.1. The number of fused-ring (bicyclic) bond motifs is 1. The number of piperidine rings is 1. The van der Waals surface area contributed by atoms with Crippen LogP contribution in [0.2, 0.25) is 0 Å². The molecule has 0 N–H and O–H groups in total. The van der Waals surface area contributed by atoms with Gasteiger partial charge in [-0.2, -0.15) is 4.98 Å². The van der Waals surface area contributed by atoms with Crippen molar-refractivity contribution in [3.8, 4) is 0 Å². The maximum Gasteiger partial charge on any atom is 0.298 e. The Bertz CT molecular complexity index is 1070. The number of rotatable bonds is 4. The van der Waals surface area contributed by atoms with E-state index in [0.717, 1.165) is 74.5 Å². The molecule has 0 radical (unpaired) electrons. The van der Waals surface area contributed by atoms with Crippen molar-refractivity contribution in [3.63, 3.8) is 0 Å². The summed E-state index contributed by atoms with van der Waals surface area (Å²) in [6, 6.07) is 16.2. The van der Waals surface area contributed by atoms with Crippen LogP contribution in [0.4, 0.5) is 11.7 Å². The van der Waals surface area contributed by atoms with Crippen molar-refractivity contribution >= 4 is 34.5 Å². The molecule has 2 fully saturated rings. The molecule has 0 spiro atoms. The fourth-order valence-electron chi connectivity index (χ4n) is 4.66. The number of nitrogens with zero attached hydrogens (tertiary/aromatic N) is 4. The first-order valence-electron chi connectivity index (χ1n) is 11.3. The molecule has 1 aromatic heterocycles. The monoisotopic (exact) mass is 432 g/mol. The Balaban J connectivity index is 1.14. The molecule has 2 saturated heterocycles. The highest BCUT2D eigenvalue weighted by Crippen LogP contribution is 2.28. The molecule has 3 heterocycles. The number of para-hydroxylation sites is 2. The van der Waals surface area contributed by atoms with E-state index in [9.17, 15) is 9.59 Å². The van der Waals surface area contributed by atoms with E-state index in [0.29, 0.717) is 6.01 Å². The van der Waals surface area contributed by atoms with E-state index in [1.54, 1.807) is 6.92 Å². The Labute approximate surface area is 187 Å². The Morgan fingerprint density at radius 3 is 2.22 bits per heavy atom. The number of benzene rings is 2. The number of ketones is 1. The van der Waals surface area contributed by atoms with E-state index in [2.05, 4.69) is 14.8 Å². The lowest BCUT2D eigenvalue weighted by Crippen LogP contribution is -2.51. The molecule has 32 heavy (non-hydrogen) atoms. The molecule has 7 nitrogen and oxygen atoms in total. The Hall–Kier alpha value is -3.35. The second kappa shape index (κ2) is 8.65. The molecule has 0 unspecified atom stereocenters. The number of Topliss-reactive ketones (excluding diaryl/α,β-unsaturated/α-hetero) is 1. The predicted molar refractivity (Wildman–Crippen MR) is 124 cm³/mol. The quantitative estimate of drug-likeness (QED) is 0.587. The summed E-state index contributed by atoms with van der Waals surface area (Å²) in [5, 5.41) is 0. The molecule has 0 bridgehead atoms. The van der Waals surface area contributed by atoms with Crippen molar-refractivity contribution in [2.75, 3.05) is 49.1 Å². The lowest BCUT2D eigenvalue weighted by molar-refractivity contribution is -0.136. The van der Waals surface area contributed by atoms with Gasteiger partial charge in [-0.1, -0.05) is 12.1 Å².